The van der Waals surface area contributed by atoms with Crippen molar-refractivity contribution in [1.29, 1.82) is 0 Å². The summed E-state index contributed by atoms with van der Waals surface area (Å²) in [5.41, 5.74) is 0. The van der Waals surface area contributed by atoms with Gasteiger partial charge in [-0.05, 0) is 48.5 Å². The Hall–Kier alpha value is -1.57. The molecule has 0 aliphatic heterocycles. The van der Waals surface area contributed by atoms with Crippen molar-refractivity contribution in [1.82, 2.24) is 4.31 Å². The van der Waals surface area contributed by atoms with Crippen molar-refractivity contribution in [2.75, 3.05) is 26.5 Å². The minimum absolute atomic E-state index is 0.232. The second kappa shape index (κ2) is 7.81. The Labute approximate surface area is 140 Å². The van der Waals surface area contributed by atoms with E-state index in [-0.39, 0.29) is 10.7 Å². The number of halogens is 1. The lowest BCUT2D eigenvalue weighted by Gasteiger charge is -2.12. The molecule has 0 heterocycles. The molecule has 23 heavy (non-hydrogen) atoms. The van der Waals surface area contributed by atoms with E-state index in [9.17, 15) is 12.8 Å². The fourth-order valence-corrected chi connectivity index (χ4v) is 3.40. The number of thioether (sulfide) groups is 1. The van der Waals surface area contributed by atoms with E-state index in [1.807, 2.05) is 0 Å². The number of nitrogens with zero attached hydrogens (tertiary/aromatic N) is 1. The Morgan fingerprint density at radius 3 is 2.22 bits per heavy atom. The van der Waals surface area contributed by atoms with Crippen molar-refractivity contribution >= 4 is 21.8 Å². The van der Waals surface area contributed by atoms with Crippen molar-refractivity contribution in [2.24, 2.45) is 0 Å². The Kier molecular flexibility index (Phi) is 6.04. The Morgan fingerprint density at radius 1 is 1.04 bits per heavy atom. The molecular weight excluding hydrogens is 337 g/mol. The van der Waals surface area contributed by atoms with Gasteiger partial charge in [0.2, 0.25) is 10.0 Å². The van der Waals surface area contributed by atoms with Gasteiger partial charge < -0.3 is 4.74 Å². The van der Waals surface area contributed by atoms with Gasteiger partial charge in [0.05, 0.1) is 11.5 Å². The van der Waals surface area contributed by atoms with Gasteiger partial charge in [0, 0.05) is 24.7 Å². The normalized spacial score (nSPS) is 11.7. The van der Waals surface area contributed by atoms with Crippen molar-refractivity contribution in [3.05, 3.63) is 54.3 Å². The molecule has 0 saturated carbocycles. The zero-order chi connectivity index (χ0) is 16.9. The first-order valence-corrected chi connectivity index (χ1v) is 9.36. The van der Waals surface area contributed by atoms with Crippen LogP contribution in [0.2, 0.25) is 0 Å². The summed E-state index contributed by atoms with van der Waals surface area (Å²) in [5.74, 6) is 1.07. The molecule has 0 fully saturated rings. The largest absolute Gasteiger partial charge is 0.493 e. The van der Waals surface area contributed by atoms with Crippen LogP contribution in [-0.2, 0) is 10.0 Å². The third-order valence-corrected chi connectivity index (χ3v) is 5.84. The van der Waals surface area contributed by atoms with Crippen molar-refractivity contribution in [3.63, 3.8) is 0 Å². The highest BCUT2D eigenvalue weighted by Gasteiger charge is 2.16. The summed E-state index contributed by atoms with van der Waals surface area (Å²) < 4.78 is 43.4. The minimum Gasteiger partial charge on any atom is -0.493 e. The standard InChI is InChI=1S/C16H18FNO3S2/c1-18(2)23(19,20)16-9-5-14(6-10-16)21-11-12-22-15-7-3-13(17)4-8-15/h3-10H,11-12H2,1-2H3. The van der Waals surface area contributed by atoms with Crippen LogP contribution >= 0.6 is 11.8 Å². The third kappa shape index (κ3) is 4.95. The van der Waals surface area contributed by atoms with Crippen LogP contribution in [-0.4, -0.2) is 39.2 Å². The first-order chi connectivity index (χ1) is 10.9. The molecule has 0 saturated heterocycles. The van der Waals surface area contributed by atoms with E-state index in [2.05, 4.69) is 0 Å². The summed E-state index contributed by atoms with van der Waals surface area (Å²) in [6.45, 7) is 0.474. The van der Waals surface area contributed by atoms with Crippen molar-refractivity contribution in [3.8, 4) is 5.75 Å². The lowest BCUT2D eigenvalue weighted by molar-refractivity contribution is 0.343. The molecule has 0 bridgehead atoms. The monoisotopic (exact) mass is 355 g/mol. The molecule has 0 aromatic heterocycles. The molecule has 124 valence electrons. The van der Waals surface area contributed by atoms with Gasteiger partial charge in [-0.25, -0.2) is 17.1 Å². The number of rotatable bonds is 7. The second-order valence-corrected chi connectivity index (χ2v) is 8.23. The van der Waals surface area contributed by atoms with Gasteiger partial charge in [-0.3, -0.25) is 0 Å². The smallest absolute Gasteiger partial charge is 0.242 e. The van der Waals surface area contributed by atoms with Gasteiger partial charge in [-0.1, -0.05) is 0 Å². The average Bonchev–Trinajstić information content (AvgIpc) is 2.53. The van der Waals surface area contributed by atoms with Gasteiger partial charge in [0.1, 0.15) is 11.6 Å². The first-order valence-electron chi connectivity index (χ1n) is 6.93. The third-order valence-electron chi connectivity index (χ3n) is 3.04. The topological polar surface area (TPSA) is 46.6 Å². The van der Waals surface area contributed by atoms with E-state index < -0.39 is 10.0 Å². The number of hydrogen-bond acceptors (Lipinski definition) is 4. The fraction of sp³-hybridized carbons (Fsp3) is 0.250. The predicted octanol–water partition coefficient (Wildman–Crippen LogP) is 3.25. The predicted molar refractivity (Wildman–Crippen MR) is 89.9 cm³/mol. The zero-order valence-electron chi connectivity index (χ0n) is 12.9. The Morgan fingerprint density at radius 2 is 1.65 bits per heavy atom. The molecule has 0 amide bonds. The maximum absolute atomic E-state index is 12.8. The number of hydrogen-bond donors (Lipinski definition) is 0. The summed E-state index contributed by atoms with van der Waals surface area (Å²) in [6.07, 6.45) is 0. The number of ether oxygens (including phenoxy) is 1. The van der Waals surface area contributed by atoms with E-state index in [0.29, 0.717) is 18.1 Å². The Bertz CT molecular complexity index is 729. The highest BCUT2D eigenvalue weighted by atomic mass is 32.2. The van der Waals surface area contributed by atoms with Crippen LogP contribution in [0, 0.1) is 5.82 Å². The average molecular weight is 355 g/mol. The van der Waals surface area contributed by atoms with Crippen LogP contribution in [0.25, 0.3) is 0 Å². The molecule has 7 heteroatoms. The van der Waals surface area contributed by atoms with Crippen LogP contribution < -0.4 is 4.74 Å². The molecular formula is C16H18FNO3S2. The number of benzene rings is 2. The molecule has 0 N–H and O–H groups in total. The quantitative estimate of drug-likeness (QED) is 0.565. The maximum atomic E-state index is 12.8. The molecule has 0 radical (unpaired) electrons. The maximum Gasteiger partial charge on any atom is 0.242 e. The summed E-state index contributed by atoms with van der Waals surface area (Å²) in [7, 11) is -0.430. The van der Waals surface area contributed by atoms with E-state index in [0.717, 1.165) is 4.90 Å². The van der Waals surface area contributed by atoms with Crippen LogP contribution in [0.3, 0.4) is 0 Å². The molecule has 2 aromatic rings. The van der Waals surface area contributed by atoms with Gasteiger partial charge >= 0.3 is 0 Å². The molecule has 0 aliphatic rings. The van der Waals surface area contributed by atoms with Crippen LogP contribution in [0.15, 0.2) is 58.3 Å². The zero-order valence-corrected chi connectivity index (χ0v) is 14.5. The van der Waals surface area contributed by atoms with Gasteiger partial charge in [-0.15, -0.1) is 11.8 Å². The fourth-order valence-electron chi connectivity index (χ4n) is 1.77. The summed E-state index contributed by atoms with van der Waals surface area (Å²) in [6, 6.07) is 12.6. The van der Waals surface area contributed by atoms with Crippen LogP contribution in [0.4, 0.5) is 4.39 Å². The molecule has 0 atom stereocenters. The van der Waals surface area contributed by atoms with Gasteiger partial charge in [0.25, 0.3) is 0 Å². The van der Waals surface area contributed by atoms with E-state index in [4.69, 9.17) is 4.74 Å². The lowest BCUT2D eigenvalue weighted by Crippen LogP contribution is -2.22. The minimum atomic E-state index is -3.42. The lowest BCUT2D eigenvalue weighted by atomic mass is 10.3. The van der Waals surface area contributed by atoms with Crippen molar-refractivity contribution < 1.29 is 17.5 Å². The summed E-state index contributed by atoms with van der Waals surface area (Å²) >= 11 is 1.57. The summed E-state index contributed by atoms with van der Waals surface area (Å²) in [4.78, 5) is 1.21. The first kappa shape index (κ1) is 17.8. The SMILES string of the molecule is CN(C)S(=O)(=O)c1ccc(OCCSc2ccc(F)cc2)cc1. The molecule has 0 unspecified atom stereocenters. The van der Waals surface area contributed by atoms with Gasteiger partial charge in [-0.2, -0.15) is 0 Å². The number of sulfonamides is 1. The van der Waals surface area contributed by atoms with Crippen LogP contribution in [0.1, 0.15) is 0 Å². The van der Waals surface area contributed by atoms with E-state index in [1.54, 1.807) is 36.0 Å². The second-order valence-electron chi connectivity index (χ2n) is 4.91. The Balaban J connectivity index is 1.84. The van der Waals surface area contributed by atoms with Gasteiger partial charge in [0.15, 0.2) is 0 Å². The van der Waals surface area contributed by atoms with E-state index in [1.165, 1.54) is 42.7 Å². The van der Waals surface area contributed by atoms with Crippen molar-refractivity contribution in [2.45, 2.75) is 9.79 Å². The van der Waals surface area contributed by atoms with E-state index >= 15 is 0 Å². The molecule has 2 rings (SSSR count). The van der Waals surface area contributed by atoms with Crippen LogP contribution in [0.5, 0.6) is 5.75 Å². The molecule has 0 aliphatic carbocycles. The highest BCUT2D eigenvalue weighted by Crippen LogP contribution is 2.20. The molecule has 4 nitrogen and oxygen atoms in total. The highest BCUT2D eigenvalue weighted by molar-refractivity contribution is 7.99. The molecule has 2 aromatic carbocycles. The summed E-state index contributed by atoms with van der Waals surface area (Å²) in [5, 5.41) is 0. The molecule has 0 spiro atoms.